The molecule has 2 aliphatic carbocycles. The van der Waals surface area contributed by atoms with Crippen molar-refractivity contribution in [1.29, 1.82) is 0 Å². The quantitative estimate of drug-likeness (QED) is 0.205. The van der Waals surface area contributed by atoms with E-state index in [1.807, 2.05) is 0 Å². The zero-order valence-electron chi connectivity index (χ0n) is 30.2. The fraction of sp³-hybridized carbons (Fsp3) is 0.650. The first kappa shape index (κ1) is 33.7. The highest BCUT2D eigenvalue weighted by Gasteiger charge is 2.78. The van der Waals surface area contributed by atoms with Gasteiger partial charge >= 0.3 is 6.69 Å². The molecule has 2 spiro atoms. The number of hydrogen-bond donors (Lipinski definition) is 0. The van der Waals surface area contributed by atoms with Crippen molar-refractivity contribution in [2.45, 2.75) is 156 Å². The maximum Gasteiger partial charge on any atom is 0.305 e. The summed E-state index contributed by atoms with van der Waals surface area (Å²) in [6, 6.07) is 14.0. The van der Waals surface area contributed by atoms with Crippen LogP contribution in [-0.4, -0.2) is 17.8 Å². The number of nitrogens with zero attached hydrogens (tertiary/aromatic N) is 2. The Hall–Kier alpha value is -1.16. The van der Waals surface area contributed by atoms with Crippen LogP contribution in [0.4, 0.5) is 11.4 Å². The third-order valence-corrected chi connectivity index (χ3v) is 16.5. The first-order chi connectivity index (χ1) is 20.8. The number of hydrogen-bond acceptors (Lipinski definition) is 2. The lowest BCUT2D eigenvalue weighted by atomic mass is 9.89. The highest BCUT2D eigenvalue weighted by Crippen LogP contribution is 2.77. The fourth-order valence-electron chi connectivity index (χ4n) is 9.62. The Bertz CT molecular complexity index is 1290. The third-order valence-electron chi connectivity index (χ3n) is 11.6. The predicted octanol–water partition coefficient (Wildman–Crippen LogP) is 12.5. The molecule has 0 unspecified atom stereocenters. The van der Waals surface area contributed by atoms with Gasteiger partial charge in [0.1, 0.15) is 0 Å². The molecular weight excluding hydrogens is 607 g/mol. The van der Waals surface area contributed by atoms with Crippen LogP contribution in [0, 0.1) is 22.2 Å². The molecule has 0 N–H and O–H groups in total. The molecule has 246 valence electrons. The van der Waals surface area contributed by atoms with Crippen LogP contribution in [0.25, 0.3) is 0 Å². The van der Waals surface area contributed by atoms with E-state index in [9.17, 15) is 0 Å². The maximum atomic E-state index is 8.42. The summed E-state index contributed by atoms with van der Waals surface area (Å²) in [5.41, 5.74) is 11.3. The van der Waals surface area contributed by atoms with Crippen molar-refractivity contribution >= 4 is 40.2 Å². The predicted molar refractivity (Wildman–Crippen MR) is 199 cm³/mol. The zero-order valence-corrected chi connectivity index (χ0v) is 32.7. The molecule has 4 aliphatic rings. The second-order valence-electron chi connectivity index (χ2n) is 17.7. The number of para-hydroxylation sites is 2. The lowest BCUT2D eigenvalue weighted by molar-refractivity contribution is 0.463. The monoisotopic (exact) mass is 664 g/mol. The highest BCUT2D eigenvalue weighted by atomic mass is 35.7. The molecule has 5 heteroatoms. The summed E-state index contributed by atoms with van der Waals surface area (Å²) in [6.45, 7) is 25.3. The SMILES string of the molecule is CC(C)c1cccc(C(C)C)c1N1[C]([Si](Cl)(Cl)[C]2N(c3c(C(C)C)cccc3C(C)C)C(C)(C)CC23CC3)C2(CC2)CC1(C)C. The first-order valence-electron chi connectivity index (χ1n) is 17.8. The topological polar surface area (TPSA) is 6.48 Å². The Morgan fingerprint density at radius 2 is 0.800 bits per heavy atom. The van der Waals surface area contributed by atoms with Crippen molar-refractivity contribution in [3.05, 3.63) is 70.0 Å². The van der Waals surface area contributed by atoms with Crippen LogP contribution in [0.15, 0.2) is 36.4 Å². The first-order valence-corrected chi connectivity index (χ1v) is 21.8. The van der Waals surface area contributed by atoms with E-state index < -0.39 is 6.69 Å². The molecule has 2 aliphatic heterocycles. The molecule has 0 atom stereocenters. The van der Waals surface area contributed by atoms with Crippen LogP contribution >= 0.6 is 22.2 Å². The van der Waals surface area contributed by atoms with Gasteiger partial charge in [0.25, 0.3) is 0 Å². The Balaban J connectivity index is 1.61. The van der Waals surface area contributed by atoms with E-state index >= 15 is 0 Å². The summed E-state index contributed by atoms with van der Waals surface area (Å²) in [4.78, 5) is 5.50. The smallest absolute Gasteiger partial charge is 0.305 e. The van der Waals surface area contributed by atoms with Crippen LogP contribution in [-0.2, 0) is 0 Å². The van der Waals surface area contributed by atoms with Crippen LogP contribution in [0.5, 0.6) is 0 Å². The molecule has 0 amide bonds. The summed E-state index contributed by atoms with van der Waals surface area (Å²) < 4.78 is 0. The molecule has 2 heterocycles. The summed E-state index contributed by atoms with van der Waals surface area (Å²) >= 11 is 16.8. The lowest BCUT2D eigenvalue weighted by Crippen LogP contribution is -2.58. The van der Waals surface area contributed by atoms with Crippen LogP contribution in [0.3, 0.4) is 0 Å². The van der Waals surface area contributed by atoms with E-state index in [0.29, 0.717) is 23.7 Å². The zero-order chi connectivity index (χ0) is 33.1. The van der Waals surface area contributed by atoms with Gasteiger partial charge in [0, 0.05) is 22.5 Å². The van der Waals surface area contributed by atoms with Gasteiger partial charge in [-0.1, -0.05) is 91.8 Å². The van der Waals surface area contributed by atoms with Gasteiger partial charge in [-0.2, -0.15) is 0 Å². The molecular formula is C40H58Cl2N2Si. The average Bonchev–Trinajstić information content (AvgIpc) is 3.82. The Kier molecular flexibility index (Phi) is 8.19. The third kappa shape index (κ3) is 5.23. The van der Waals surface area contributed by atoms with Crippen molar-refractivity contribution in [2.24, 2.45) is 10.8 Å². The maximum absolute atomic E-state index is 8.42. The molecule has 0 bridgehead atoms. The minimum atomic E-state index is -3.25. The highest BCUT2D eigenvalue weighted by molar-refractivity contribution is 7.50. The van der Waals surface area contributed by atoms with Gasteiger partial charge in [-0.15, -0.1) is 22.2 Å². The van der Waals surface area contributed by atoms with Crippen molar-refractivity contribution in [3.8, 4) is 0 Å². The van der Waals surface area contributed by atoms with E-state index in [2.05, 4.69) is 129 Å². The molecule has 6 rings (SSSR count). The second kappa shape index (κ2) is 10.9. The van der Waals surface area contributed by atoms with Crippen LogP contribution < -0.4 is 9.80 Å². The normalized spacial score (nSPS) is 23.6. The Morgan fingerprint density at radius 3 is 1.02 bits per heavy atom. The van der Waals surface area contributed by atoms with Crippen LogP contribution in [0.2, 0.25) is 0 Å². The van der Waals surface area contributed by atoms with Gasteiger partial charge < -0.3 is 9.80 Å². The molecule has 2 aromatic carbocycles. The lowest BCUT2D eigenvalue weighted by Gasteiger charge is -2.50. The molecule has 0 aromatic heterocycles. The van der Waals surface area contributed by atoms with Gasteiger partial charge in [0.05, 0.1) is 11.3 Å². The Labute approximate surface area is 286 Å². The van der Waals surface area contributed by atoms with Gasteiger partial charge in [0.15, 0.2) is 0 Å². The van der Waals surface area contributed by atoms with Gasteiger partial charge in [-0.3, -0.25) is 0 Å². The molecule has 45 heavy (non-hydrogen) atoms. The average molecular weight is 666 g/mol. The molecule has 2 saturated carbocycles. The Morgan fingerprint density at radius 1 is 0.533 bits per heavy atom. The van der Waals surface area contributed by atoms with Crippen LogP contribution in [0.1, 0.15) is 168 Å². The standard InChI is InChI=1S/C40H58Cl2N2Si/c1-25(2)29-15-13-16-30(26(3)4)33(29)43-35(39(19-20-39)23-37(43,9)10)45(41,42)36-40(21-22-40)24-38(11,12)44(36)34-31(27(5)6)17-14-18-32(34)28(7)8/h13-18,25-28H,19-24H2,1-12H3. The van der Waals surface area contributed by atoms with E-state index in [0.717, 1.165) is 12.8 Å². The number of anilines is 2. The summed E-state index contributed by atoms with van der Waals surface area (Å²) in [6.07, 6.45) is 7.03. The molecule has 2 radical (unpaired) electrons. The van der Waals surface area contributed by atoms with E-state index in [1.165, 1.54) is 70.6 Å². The summed E-state index contributed by atoms with van der Waals surface area (Å²) in [5, 5.41) is 0. The molecule has 2 nitrogen and oxygen atoms in total. The molecule has 4 fully saturated rings. The number of halogens is 2. The minimum Gasteiger partial charge on any atom is -0.357 e. The second-order valence-corrected chi connectivity index (χ2v) is 23.7. The van der Waals surface area contributed by atoms with Gasteiger partial charge in [-0.25, -0.2) is 0 Å². The summed E-state index contributed by atoms with van der Waals surface area (Å²) in [5.74, 6) is 1.63. The van der Waals surface area contributed by atoms with Crippen molar-refractivity contribution in [1.82, 2.24) is 0 Å². The molecule has 2 aromatic rings. The number of rotatable bonds is 8. The summed E-state index contributed by atoms with van der Waals surface area (Å²) in [7, 11) is 0. The fourth-order valence-corrected chi connectivity index (χ4v) is 16.7. The van der Waals surface area contributed by atoms with Gasteiger partial charge in [-0.05, 0) is 123 Å². The van der Waals surface area contributed by atoms with E-state index in [4.69, 9.17) is 22.2 Å². The minimum absolute atomic E-state index is 0.0718. The van der Waals surface area contributed by atoms with Crippen molar-refractivity contribution < 1.29 is 0 Å². The molecule has 2 saturated heterocycles. The van der Waals surface area contributed by atoms with Gasteiger partial charge in [0.2, 0.25) is 0 Å². The van der Waals surface area contributed by atoms with Crippen molar-refractivity contribution in [3.63, 3.8) is 0 Å². The number of benzene rings is 2. The largest absolute Gasteiger partial charge is 0.357 e. The van der Waals surface area contributed by atoms with E-state index in [-0.39, 0.29) is 21.9 Å². The van der Waals surface area contributed by atoms with E-state index in [1.54, 1.807) is 0 Å². The van der Waals surface area contributed by atoms with Crippen molar-refractivity contribution in [2.75, 3.05) is 9.80 Å².